The second-order valence-corrected chi connectivity index (χ2v) is 6.77. The van der Waals surface area contributed by atoms with E-state index in [1.807, 2.05) is 35.2 Å². The molecule has 0 bridgehead atoms. The number of benzene rings is 1. The lowest BCUT2D eigenvalue weighted by molar-refractivity contribution is -0.135. The van der Waals surface area contributed by atoms with Crippen molar-refractivity contribution in [3.8, 4) is 0 Å². The molecule has 6 nitrogen and oxygen atoms in total. The number of nitrogens with one attached hydrogen (secondary N) is 2. The van der Waals surface area contributed by atoms with Gasteiger partial charge >= 0.3 is 0 Å². The monoisotopic (exact) mass is 345 g/mol. The van der Waals surface area contributed by atoms with Gasteiger partial charge < -0.3 is 20.3 Å². The van der Waals surface area contributed by atoms with Gasteiger partial charge in [0.25, 0.3) is 0 Å². The van der Waals surface area contributed by atoms with E-state index in [-0.39, 0.29) is 17.9 Å². The van der Waals surface area contributed by atoms with Crippen LogP contribution in [-0.2, 0) is 20.7 Å². The number of morpholine rings is 1. The summed E-state index contributed by atoms with van der Waals surface area (Å²) in [6, 6.07) is 9.37. The maximum Gasteiger partial charge on any atom is 0.245 e. The fourth-order valence-corrected chi connectivity index (χ4v) is 3.44. The molecule has 136 valence electrons. The normalized spacial score (nSPS) is 21.8. The van der Waals surface area contributed by atoms with Gasteiger partial charge in [-0.15, -0.1) is 0 Å². The van der Waals surface area contributed by atoms with Gasteiger partial charge in [-0.05, 0) is 18.4 Å². The fraction of sp³-hybridized carbons (Fsp3) is 0.579. The Kier molecular flexibility index (Phi) is 6.42. The number of nitrogens with zero attached hydrogens (tertiary/aromatic N) is 1. The molecule has 0 radical (unpaired) electrons. The minimum absolute atomic E-state index is 0.0213. The molecule has 1 aromatic carbocycles. The highest BCUT2D eigenvalue weighted by Crippen LogP contribution is 2.12. The van der Waals surface area contributed by atoms with Crippen LogP contribution < -0.4 is 10.6 Å². The van der Waals surface area contributed by atoms with E-state index in [4.69, 9.17) is 4.74 Å². The van der Waals surface area contributed by atoms with E-state index >= 15 is 0 Å². The number of likely N-dealkylation sites (tertiary alicyclic amines) is 1. The molecular weight excluding hydrogens is 318 g/mol. The van der Waals surface area contributed by atoms with Gasteiger partial charge in [-0.3, -0.25) is 9.59 Å². The SMILES string of the molecule is O=C(CC1COCCN1)NC(Cc1ccccc1)C(=O)N1CCCC1. The van der Waals surface area contributed by atoms with E-state index in [9.17, 15) is 9.59 Å². The van der Waals surface area contributed by atoms with Crippen molar-refractivity contribution < 1.29 is 14.3 Å². The summed E-state index contributed by atoms with van der Waals surface area (Å²) in [6.45, 7) is 3.56. The van der Waals surface area contributed by atoms with Crippen LogP contribution in [-0.4, -0.2) is 61.6 Å². The maximum absolute atomic E-state index is 12.8. The highest BCUT2D eigenvalue weighted by molar-refractivity contribution is 5.88. The van der Waals surface area contributed by atoms with Crippen molar-refractivity contribution in [2.45, 2.75) is 37.8 Å². The van der Waals surface area contributed by atoms with Crippen molar-refractivity contribution >= 4 is 11.8 Å². The first-order chi connectivity index (χ1) is 12.2. The molecule has 2 amide bonds. The number of carbonyl (C=O) groups is 2. The predicted octanol–water partition coefficient (Wildman–Crippen LogP) is 0.715. The Labute approximate surface area is 148 Å². The second kappa shape index (κ2) is 8.97. The van der Waals surface area contributed by atoms with Crippen molar-refractivity contribution in [2.24, 2.45) is 0 Å². The topological polar surface area (TPSA) is 70.7 Å². The Morgan fingerprint density at radius 1 is 1.24 bits per heavy atom. The molecule has 2 heterocycles. The quantitative estimate of drug-likeness (QED) is 0.797. The number of hydrogen-bond acceptors (Lipinski definition) is 4. The summed E-state index contributed by atoms with van der Waals surface area (Å²) in [6.07, 6.45) is 2.94. The van der Waals surface area contributed by atoms with Gasteiger partial charge in [0.1, 0.15) is 6.04 Å². The summed E-state index contributed by atoms with van der Waals surface area (Å²) in [5.74, 6) is -0.0703. The smallest absolute Gasteiger partial charge is 0.245 e. The third-order valence-corrected chi connectivity index (χ3v) is 4.76. The summed E-state index contributed by atoms with van der Waals surface area (Å²) in [7, 11) is 0. The second-order valence-electron chi connectivity index (χ2n) is 6.77. The number of rotatable bonds is 6. The first-order valence-corrected chi connectivity index (χ1v) is 9.15. The van der Waals surface area contributed by atoms with Crippen LogP contribution >= 0.6 is 0 Å². The standard InChI is InChI=1S/C19H27N3O3/c23-18(13-16-14-25-11-8-20-16)21-17(12-15-6-2-1-3-7-15)19(24)22-9-4-5-10-22/h1-3,6-7,16-17,20H,4-5,8-14H2,(H,21,23). The van der Waals surface area contributed by atoms with Gasteiger partial charge in [-0.1, -0.05) is 30.3 Å². The van der Waals surface area contributed by atoms with E-state index in [2.05, 4.69) is 10.6 Å². The van der Waals surface area contributed by atoms with Crippen molar-refractivity contribution in [1.82, 2.24) is 15.5 Å². The molecule has 2 saturated heterocycles. The lowest BCUT2D eigenvalue weighted by atomic mass is 10.0. The third kappa shape index (κ3) is 5.28. The van der Waals surface area contributed by atoms with E-state index in [1.165, 1.54) is 0 Å². The minimum atomic E-state index is -0.502. The number of ether oxygens (including phenoxy) is 1. The molecular formula is C19H27N3O3. The fourth-order valence-electron chi connectivity index (χ4n) is 3.44. The highest BCUT2D eigenvalue weighted by atomic mass is 16.5. The molecule has 0 spiro atoms. The summed E-state index contributed by atoms with van der Waals surface area (Å²) >= 11 is 0. The average Bonchev–Trinajstić information content (AvgIpc) is 3.17. The molecule has 0 aliphatic carbocycles. The molecule has 0 saturated carbocycles. The summed E-state index contributed by atoms with van der Waals surface area (Å²) in [4.78, 5) is 27.2. The van der Waals surface area contributed by atoms with Gasteiger partial charge in [0.15, 0.2) is 0 Å². The summed E-state index contributed by atoms with van der Waals surface area (Å²) < 4.78 is 5.39. The number of carbonyl (C=O) groups excluding carboxylic acids is 2. The van der Waals surface area contributed by atoms with Gasteiger partial charge in [-0.25, -0.2) is 0 Å². The first-order valence-electron chi connectivity index (χ1n) is 9.15. The zero-order valence-corrected chi connectivity index (χ0v) is 14.6. The van der Waals surface area contributed by atoms with E-state index in [1.54, 1.807) is 0 Å². The Morgan fingerprint density at radius 2 is 2.00 bits per heavy atom. The van der Waals surface area contributed by atoms with Crippen LogP contribution in [0.15, 0.2) is 30.3 Å². The predicted molar refractivity (Wildman–Crippen MR) is 95.1 cm³/mol. The molecule has 25 heavy (non-hydrogen) atoms. The van der Waals surface area contributed by atoms with Crippen LogP contribution in [0.25, 0.3) is 0 Å². The van der Waals surface area contributed by atoms with E-state index in [0.29, 0.717) is 26.1 Å². The molecule has 2 N–H and O–H groups in total. The van der Waals surface area contributed by atoms with Gasteiger partial charge in [0.2, 0.25) is 11.8 Å². The van der Waals surface area contributed by atoms with Crippen molar-refractivity contribution in [1.29, 1.82) is 0 Å². The molecule has 2 fully saturated rings. The molecule has 2 aliphatic heterocycles. The molecule has 6 heteroatoms. The lowest BCUT2D eigenvalue weighted by Gasteiger charge is -2.26. The van der Waals surface area contributed by atoms with Crippen molar-refractivity contribution in [3.63, 3.8) is 0 Å². The van der Waals surface area contributed by atoms with E-state index < -0.39 is 6.04 Å². The Balaban J connectivity index is 1.62. The summed E-state index contributed by atoms with van der Waals surface area (Å²) in [5, 5.41) is 6.24. The first kappa shape index (κ1) is 17.9. The van der Waals surface area contributed by atoms with Gasteiger partial charge in [0, 0.05) is 38.5 Å². The van der Waals surface area contributed by atoms with Crippen LogP contribution in [0.4, 0.5) is 0 Å². The Bertz CT molecular complexity index is 567. The lowest BCUT2D eigenvalue weighted by Crippen LogP contribution is -2.51. The van der Waals surface area contributed by atoms with Crippen LogP contribution in [0.5, 0.6) is 0 Å². The highest BCUT2D eigenvalue weighted by Gasteiger charge is 2.28. The summed E-state index contributed by atoms with van der Waals surface area (Å²) in [5.41, 5.74) is 1.06. The largest absolute Gasteiger partial charge is 0.378 e. The third-order valence-electron chi connectivity index (χ3n) is 4.76. The Hall–Kier alpha value is -1.92. The average molecular weight is 345 g/mol. The molecule has 2 unspecified atom stereocenters. The van der Waals surface area contributed by atoms with Crippen molar-refractivity contribution in [2.75, 3.05) is 32.8 Å². The zero-order valence-electron chi connectivity index (χ0n) is 14.6. The molecule has 1 aromatic rings. The number of amides is 2. The molecule has 2 atom stereocenters. The number of hydrogen-bond donors (Lipinski definition) is 2. The molecule has 0 aromatic heterocycles. The maximum atomic E-state index is 12.8. The van der Waals surface area contributed by atoms with Crippen LogP contribution in [0.1, 0.15) is 24.8 Å². The molecule has 3 rings (SSSR count). The Morgan fingerprint density at radius 3 is 2.68 bits per heavy atom. The van der Waals surface area contributed by atoms with Crippen LogP contribution in [0.3, 0.4) is 0 Å². The van der Waals surface area contributed by atoms with Crippen molar-refractivity contribution in [3.05, 3.63) is 35.9 Å². The van der Waals surface area contributed by atoms with E-state index in [0.717, 1.165) is 38.0 Å². The molecule has 2 aliphatic rings. The zero-order chi connectivity index (χ0) is 17.5. The van der Waals surface area contributed by atoms with Gasteiger partial charge in [0.05, 0.1) is 13.2 Å². The van der Waals surface area contributed by atoms with Gasteiger partial charge in [-0.2, -0.15) is 0 Å². The van der Waals surface area contributed by atoms with Crippen LogP contribution in [0, 0.1) is 0 Å². The van der Waals surface area contributed by atoms with Crippen LogP contribution in [0.2, 0.25) is 0 Å². The minimum Gasteiger partial charge on any atom is -0.378 e.